The van der Waals surface area contributed by atoms with E-state index in [2.05, 4.69) is 10.3 Å². The van der Waals surface area contributed by atoms with Crippen molar-refractivity contribution >= 4 is 34.0 Å². The summed E-state index contributed by atoms with van der Waals surface area (Å²) in [4.78, 5) is 18.5. The minimum atomic E-state index is -0.355. The fraction of sp³-hybridized carbons (Fsp3) is 0.583. The second-order valence-electron chi connectivity index (χ2n) is 4.50. The van der Waals surface area contributed by atoms with E-state index in [-0.39, 0.29) is 17.1 Å². The van der Waals surface area contributed by atoms with Crippen LogP contribution in [0, 0.1) is 11.3 Å². The van der Waals surface area contributed by atoms with Crippen molar-refractivity contribution in [1.82, 2.24) is 9.88 Å². The van der Waals surface area contributed by atoms with Crippen LogP contribution in [0.25, 0.3) is 0 Å². The molecule has 2 heterocycles. The number of piperidine rings is 1. The molecule has 0 saturated carbocycles. The molecule has 1 aromatic rings. The fourth-order valence-electron chi connectivity index (χ4n) is 2.07. The molecule has 7 heteroatoms. The van der Waals surface area contributed by atoms with Gasteiger partial charge in [0.2, 0.25) is 5.91 Å². The number of nitriles is 1. The second-order valence-corrected chi connectivity index (χ2v) is 5.86. The number of halogens is 1. The molecule has 0 radical (unpaired) electrons. The van der Waals surface area contributed by atoms with Crippen LogP contribution in [0.5, 0.6) is 0 Å². The van der Waals surface area contributed by atoms with Crippen molar-refractivity contribution in [2.45, 2.75) is 32.2 Å². The average Bonchev–Trinajstić information content (AvgIpc) is 2.78. The maximum Gasteiger partial charge on any atom is 0.244 e. The number of nitrogens with zero attached hydrogens (tertiary/aromatic N) is 3. The van der Waals surface area contributed by atoms with Gasteiger partial charge in [-0.3, -0.25) is 4.79 Å². The monoisotopic (exact) mass is 298 g/mol. The van der Waals surface area contributed by atoms with Gasteiger partial charge in [-0.15, -0.1) is 0 Å². The Balaban J connectivity index is 1.97. The lowest BCUT2D eigenvalue weighted by atomic mass is 10.1. The SMILES string of the molecule is CC(Nc1nc(Cl)c(C#N)s1)C(=O)N1CCCCC1. The number of aromatic nitrogens is 1. The molecule has 1 atom stereocenters. The maximum absolute atomic E-state index is 12.2. The number of amides is 1. The van der Waals surface area contributed by atoms with Gasteiger partial charge >= 0.3 is 0 Å². The topological polar surface area (TPSA) is 69.0 Å². The summed E-state index contributed by atoms with van der Waals surface area (Å²) < 4.78 is 0. The van der Waals surface area contributed by atoms with Gasteiger partial charge in [-0.05, 0) is 26.2 Å². The van der Waals surface area contributed by atoms with Gasteiger partial charge in [-0.25, -0.2) is 4.98 Å². The summed E-state index contributed by atoms with van der Waals surface area (Å²) in [6.07, 6.45) is 3.33. The molecule has 102 valence electrons. The molecule has 1 amide bonds. The minimum absolute atomic E-state index is 0.0736. The van der Waals surface area contributed by atoms with Crippen LogP contribution in [-0.2, 0) is 4.79 Å². The number of nitrogens with one attached hydrogen (secondary N) is 1. The summed E-state index contributed by atoms with van der Waals surface area (Å²) in [6, 6.07) is 1.62. The molecule has 1 fully saturated rings. The molecule has 1 aromatic heterocycles. The van der Waals surface area contributed by atoms with Crippen molar-refractivity contribution in [3.63, 3.8) is 0 Å². The van der Waals surface area contributed by atoms with Crippen molar-refractivity contribution in [2.75, 3.05) is 18.4 Å². The molecule has 1 unspecified atom stereocenters. The van der Waals surface area contributed by atoms with Crippen LogP contribution in [0.2, 0.25) is 5.15 Å². The zero-order valence-corrected chi connectivity index (χ0v) is 12.2. The van der Waals surface area contributed by atoms with E-state index in [1.165, 1.54) is 17.8 Å². The van der Waals surface area contributed by atoms with Gasteiger partial charge in [0.1, 0.15) is 17.0 Å². The number of anilines is 1. The zero-order chi connectivity index (χ0) is 13.8. The molecule has 0 bridgehead atoms. The fourth-order valence-corrected chi connectivity index (χ4v) is 3.10. The molecule has 0 aliphatic carbocycles. The number of carbonyl (C=O) groups is 1. The summed E-state index contributed by atoms with van der Waals surface area (Å²) >= 11 is 6.96. The van der Waals surface area contributed by atoms with E-state index in [9.17, 15) is 4.79 Å². The Hall–Kier alpha value is -1.32. The van der Waals surface area contributed by atoms with Gasteiger partial charge < -0.3 is 10.2 Å². The molecule has 5 nitrogen and oxygen atoms in total. The lowest BCUT2D eigenvalue weighted by molar-refractivity contribution is -0.132. The van der Waals surface area contributed by atoms with Crippen LogP contribution in [0.4, 0.5) is 5.13 Å². The third-order valence-corrected chi connectivity index (χ3v) is 4.34. The molecule has 1 saturated heterocycles. The Morgan fingerprint density at radius 1 is 1.53 bits per heavy atom. The first-order chi connectivity index (χ1) is 9.11. The van der Waals surface area contributed by atoms with Crippen LogP contribution in [0.3, 0.4) is 0 Å². The molecule has 0 spiro atoms. The number of thiazole rings is 1. The number of hydrogen-bond acceptors (Lipinski definition) is 5. The van der Waals surface area contributed by atoms with Gasteiger partial charge in [0.15, 0.2) is 10.3 Å². The summed E-state index contributed by atoms with van der Waals surface area (Å²) in [5, 5.41) is 12.5. The van der Waals surface area contributed by atoms with Crippen LogP contribution in [0.1, 0.15) is 31.1 Å². The van der Waals surface area contributed by atoms with Crippen LogP contribution < -0.4 is 5.32 Å². The Kier molecular flexibility index (Phi) is 4.61. The highest BCUT2D eigenvalue weighted by Gasteiger charge is 2.23. The van der Waals surface area contributed by atoms with Crippen molar-refractivity contribution in [2.24, 2.45) is 0 Å². The van der Waals surface area contributed by atoms with Gasteiger partial charge in [0, 0.05) is 13.1 Å². The van der Waals surface area contributed by atoms with Gasteiger partial charge in [0.25, 0.3) is 0 Å². The molecule has 2 rings (SSSR count). The summed E-state index contributed by atoms with van der Waals surface area (Å²) in [5.74, 6) is 0.0736. The predicted octanol–water partition coefficient (Wildman–Crippen LogP) is 2.48. The summed E-state index contributed by atoms with van der Waals surface area (Å²) in [7, 11) is 0. The normalized spacial score (nSPS) is 16.8. The Morgan fingerprint density at radius 2 is 2.21 bits per heavy atom. The smallest absolute Gasteiger partial charge is 0.244 e. The number of carbonyl (C=O) groups excluding carboxylic acids is 1. The van der Waals surface area contributed by atoms with Crippen molar-refractivity contribution in [3.05, 3.63) is 10.0 Å². The number of hydrogen-bond donors (Lipinski definition) is 1. The van der Waals surface area contributed by atoms with Gasteiger partial charge in [-0.1, -0.05) is 22.9 Å². The van der Waals surface area contributed by atoms with E-state index in [4.69, 9.17) is 16.9 Å². The average molecular weight is 299 g/mol. The molecule has 19 heavy (non-hydrogen) atoms. The number of likely N-dealkylation sites (tertiary alicyclic amines) is 1. The zero-order valence-electron chi connectivity index (χ0n) is 10.6. The van der Waals surface area contributed by atoms with Crippen molar-refractivity contribution in [1.29, 1.82) is 5.26 Å². The van der Waals surface area contributed by atoms with E-state index >= 15 is 0 Å². The van der Waals surface area contributed by atoms with E-state index in [0.29, 0.717) is 10.0 Å². The van der Waals surface area contributed by atoms with Crippen LogP contribution in [-0.4, -0.2) is 34.9 Å². The minimum Gasteiger partial charge on any atom is -0.350 e. The first kappa shape index (κ1) is 14.1. The third-order valence-electron chi connectivity index (χ3n) is 3.07. The lowest BCUT2D eigenvalue weighted by Gasteiger charge is -2.29. The largest absolute Gasteiger partial charge is 0.350 e. The number of rotatable bonds is 3. The molecule has 1 N–H and O–H groups in total. The van der Waals surface area contributed by atoms with Crippen LogP contribution in [0.15, 0.2) is 0 Å². The van der Waals surface area contributed by atoms with Crippen LogP contribution >= 0.6 is 22.9 Å². The van der Waals surface area contributed by atoms with E-state index in [1.54, 1.807) is 6.92 Å². The van der Waals surface area contributed by atoms with Crippen molar-refractivity contribution in [3.8, 4) is 6.07 Å². The second kappa shape index (κ2) is 6.22. The molecule has 1 aliphatic rings. The standard InChI is InChI=1S/C12H15ClN4OS/c1-8(11(18)17-5-3-2-4-6-17)15-12-16-10(13)9(7-14)19-12/h8H,2-6H2,1H3,(H,15,16). The predicted molar refractivity (Wildman–Crippen MR) is 75.4 cm³/mol. The molecule has 0 aromatic carbocycles. The van der Waals surface area contributed by atoms with Gasteiger partial charge in [0.05, 0.1) is 0 Å². The first-order valence-electron chi connectivity index (χ1n) is 6.23. The van der Waals surface area contributed by atoms with E-state index in [0.717, 1.165) is 25.9 Å². The maximum atomic E-state index is 12.2. The Labute approximate surface area is 121 Å². The van der Waals surface area contributed by atoms with E-state index < -0.39 is 0 Å². The Bertz CT molecular complexity index is 504. The summed E-state index contributed by atoms with van der Waals surface area (Å²) in [6.45, 7) is 3.46. The lowest BCUT2D eigenvalue weighted by Crippen LogP contribution is -2.43. The van der Waals surface area contributed by atoms with Crippen molar-refractivity contribution < 1.29 is 4.79 Å². The highest BCUT2D eigenvalue weighted by molar-refractivity contribution is 7.16. The van der Waals surface area contributed by atoms with E-state index in [1.807, 2.05) is 11.0 Å². The highest BCUT2D eigenvalue weighted by atomic mass is 35.5. The molecular formula is C12H15ClN4OS. The Morgan fingerprint density at radius 3 is 2.79 bits per heavy atom. The quantitative estimate of drug-likeness (QED) is 0.931. The van der Waals surface area contributed by atoms with Gasteiger partial charge in [-0.2, -0.15) is 5.26 Å². The molecular weight excluding hydrogens is 284 g/mol. The summed E-state index contributed by atoms with van der Waals surface area (Å²) in [5.41, 5.74) is 0. The highest BCUT2D eigenvalue weighted by Crippen LogP contribution is 2.26. The molecule has 1 aliphatic heterocycles. The third kappa shape index (κ3) is 3.37. The first-order valence-corrected chi connectivity index (χ1v) is 7.43.